The lowest BCUT2D eigenvalue weighted by Crippen LogP contribution is -2.31. The molecule has 3 N–H and O–H groups in total. The van der Waals surface area contributed by atoms with Gasteiger partial charge in [-0.15, -0.1) is 10.2 Å². The topological polar surface area (TPSA) is 131 Å². The summed E-state index contributed by atoms with van der Waals surface area (Å²) in [5.74, 6) is -0.0578. The normalized spacial score (nSPS) is 17.8. The molecule has 2 heterocycles. The summed E-state index contributed by atoms with van der Waals surface area (Å²) in [6, 6.07) is 24.1. The number of aliphatic carboxylic acids is 1. The van der Waals surface area contributed by atoms with E-state index in [2.05, 4.69) is 33.7 Å². The Morgan fingerprint density at radius 1 is 0.915 bits per heavy atom. The van der Waals surface area contributed by atoms with Crippen molar-refractivity contribution in [2.75, 3.05) is 5.75 Å². The second-order valence-corrected chi connectivity index (χ2v) is 14.1. The quantitative estimate of drug-likeness (QED) is 0.0822. The molecule has 5 rings (SSSR count). The molecule has 1 aliphatic rings. The van der Waals surface area contributed by atoms with Gasteiger partial charge in [-0.25, -0.2) is 0 Å². The first-order valence-electron chi connectivity index (χ1n) is 16.0. The molecule has 0 saturated carbocycles. The van der Waals surface area contributed by atoms with E-state index in [0.29, 0.717) is 25.8 Å². The van der Waals surface area contributed by atoms with Gasteiger partial charge in [0.05, 0.1) is 18.8 Å². The second-order valence-electron chi connectivity index (χ2n) is 11.6. The molecule has 0 spiro atoms. The van der Waals surface area contributed by atoms with E-state index in [1.54, 1.807) is 23.1 Å². The zero-order valence-electron chi connectivity index (χ0n) is 26.5. The number of carboxylic acids is 1. The maximum atomic E-state index is 12.5. The molecular formula is C36H41N3O6S2. The molecule has 0 radical (unpaired) electrons. The highest BCUT2D eigenvalue weighted by atomic mass is 32.2. The van der Waals surface area contributed by atoms with Crippen molar-refractivity contribution in [2.24, 2.45) is 0 Å². The summed E-state index contributed by atoms with van der Waals surface area (Å²) >= 11 is 3.22. The van der Waals surface area contributed by atoms with E-state index in [0.717, 1.165) is 67.7 Å². The van der Waals surface area contributed by atoms with Crippen LogP contribution in [0.2, 0.25) is 0 Å². The van der Waals surface area contributed by atoms with Crippen LogP contribution in [-0.2, 0) is 32.2 Å². The van der Waals surface area contributed by atoms with E-state index < -0.39 is 12.3 Å². The minimum atomic E-state index is -0.777. The molecule has 9 nitrogen and oxygen atoms in total. The number of aromatic nitrogens is 2. The third kappa shape index (κ3) is 10.4. The lowest BCUT2D eigenvalue weighted by Gasteiger charge is -2.36. The molecular weight excluding hydrogens is 635 g/mol. The standard InChI is InChI=1S/C36H41N3O6S2/c1-24-38-39-36(47-24)46-23-30-20-32(27-14-12-25(22-40)13-15-27)45-35(44-30)28-18-16-26(17-19-28)31-9-7-6-8-29(31)21-37-33(41)10-4-2-3-5-11-34(42)43/h6-9,12-19,30,32,35,40H,2-5,10-11,20-23H2,1H3,(H,37,41)(H,42,43)/t30-,32+,35+/m0/s1. The molecule has 1 fully saturated rings. The lowest BCUT2D eigenvalue weighted by molar-refractivity contribution is -0.245. The van der Waals surface area contributed by atoms with Crippen LogP contribution in [0.3, 0.4) is 0 Å². The average molecular weight is 676 g/mol. The van der Waals surface area contributed by atoms with Crippen LogP contribution in [0, 0.1) is 6.92 Å². The van der Waals surface area contributed by atoms with Crippen molar-refractivity contribution in [3.8, 4) is 11.1 Å². The number of carboxylic acid groups (broad SMARTS) is 1. The van der Waals surface area contributed by atoms with E-state index in [9.17, 15) is 14.7 Å². The molecule has 1 saturated heterocycles. The Morgan fingerprint density at radius 3 is 2.34 bits per heavy atom. The number of aryl methyl sites for hydroxylation is 1. The van der Waals surface area contributed by atoms with Gasteiger partial charge in [-0.1, -0.05) is 109 Å². The maximum Gasteiger partial charge on any atom is 0.303 e. The number of nitrogens with zero attached hydrogens (tertiary/aromatic N) is 2. The molecule has 1 aromatic heterocycles. The highest BCUT2D eigenvalue weighted by Gasteiger charge is 2.32. The number of nitrogens with one attached hydrogen (secondary N) is 1. The predicted molar refractivity (Wildman–Crippen MR) is 183 cm³/mol. The molecule has 0 aliphatic carbocycles. The largest absolute Gasteiger partial charge is 0.481 e. The van der Waals surface area contributed by atoms with E-state index in [4.69, 9.17) is 14.6 Å². The first kappa shape index (κ1) is 34.7. The Hall–Kier alpha value is -3.61. The maximum absolute atomic E-state index is 12.5. The molecule has 1 amide bonds. The van der Waals surface area contributed by atoms with Crippen LogP contribution in [0.5, 0.6) is 0 Å². The van der Waals surface area contributed by atoms with Crippen LogP contribution >= 0.6 is 23.1 Å². The van der Waals surface area contributed by atoms with Crippen molar-refractivity contribution in [3.05, 3.63) is 100 Å². The second kappa shape index (κ2) is 17.5. The fraction of sp³-hybridized carbons (Fsp3) is 0.389. The number of amides is 1. The number of thioether (sulfide) groups is 1. The molecule has 248 valence electrons. The summed E-state index contributed by atoms with van der Waals surface area (Å²) in [4.78, 5) is 23.1. The summed E-state index contributed by atoms with van der Waals surface area (Å²) in [5, 5.41) is 30.6. The molecule has 3 atom stereocenters. The fourth-order valence-corrected chi connectivity index (χ4v) is 7.36. The SMILES string of the molecule is Cc1nnc(SC[C@@H]2C[C@H](c3ccc(CO)cc3)O[C@H](c3ccc(-c4ccccc4CNC(=O)CCCCCCC(=O)O)cc3)O2)s1. The van der Waals surface area contributed by atoms with Crippen molar-refractivity contribution >= 4 is 35.0 Å². The van der Waals surface area contributed by atoms with Crippen LogP contribution in [0.1, 0.15) is 84.6 Å². The number of unbranched alkanes of at least 4 members (excludes halogenated alkanes) is 3. The highest BCUT2D eigenvalue weighted by molar-refractivity contribution is 8.01. The third-order valence-corrected chi connectivity index (χ3v) is 10.2. The Kier molecular flexibility index (Phi) is 12.9. The minimum Gasteiger partial charge on any atom is -0.481 e. The van der Waals surface area contributed by atoms with Gasteiger partial charge in [0.2, 0.25) is 5.91 Å². The Morgan fingerprint density at radius 2 is 1.64 bits per heavy atom. The van der Waals surface area contributed by atoms with Crippen molar-refractivity contribution in [1.29, 1.82) is 0 Å². The van der Waals surface area contributed by atoms with Gasteiger partial charge in [0.1, 0.15) is 5.01 Å². The molecule has 3 aromatic carbocycles. The predicted octanol–water partition coefficient (Wildman–Crippen LogP) is 7.38. The molecule has 1 aliphatic heterocycles. The van der Waals surface area contributed by atoms with Crippen molar-refractivity contribution in [1.82, 2.24) is 15.5 Å². The molecule has 4 aromatic rings. The number of rotatable bonds is 16. The Balaban J connectivity index is 1.22. The summed E-state index contributed by atoms with van der Waals surface area (Å²) in [6.45, 7) is 2.37. The van der Waals surface area contributed by atoms with Crippen LogP contribution in [0.25, 0.3) is 11.1 Å². The highest BCUT2D eigenvalue weighted by Crippen LogP contribution is 2.40. The lowest BCUT2D eigenvalue weighted by atomic mass is 9.97. The molecule has 11 heteroatoms. The average Bonchev–Trinajstić information content (AvgIpc) is 3.52. The number of aliphatic hydroxyl groups is 1. The van der Waals surface area contributed by atoms with Crippen molar-refractivity contribution < 1.29 is 29.3 Å². The number of aliphatic hydroxyl groups excluding tert-OH is 1. The van der Waals surface area contributed by atoms with Gasteiger partial charge in [-0.05, 0) is 47.6 Å². The Bertz CT molecular complexity index is 1600. The Labute approximate surface area is 283 Å². The van der Waals surface area contributed by atoms with E-state index in [1.165, 1.54) is 0 Å². The van der Waals surface area contributed by atoms with Crippen LogP contribution in [-0.4, -0.2) is 44.1 Å². The minimum absolute atomic E-state index is 0.00248. The summed E-state index contributed by atoms with van der Waals surface area (Å²) in [7, 11) is 0. The van der Waals surface area contributed by atoms with E-state index in [1.807, 2.05) is 61.5 Å². The first-order chi connectivity index (χ1) is 22.9. The van der Waals surface area contributed by atoms with Gasteiger partial charge in [0, 0.05) is 37.1 Å². The van der Waals surface area contributed by atoms with Gasteiger partial charge in [0.25, 0.3) is 0 Å². The number of carbonyl (C=O) groups is 2. The molecule has 47 heavy (non-hydrogen) atoms. The van der Waals surface area contributed by atoms with Gasteiger partial charge >= 0.3 is 5.97 Å². The van der Waals surface area contributed by atoms with Crippen LogP contribution in [0.15, 0.2) is 77.1 Å². The third-order valence-electron chi connectivity index (χ3n) is 8.05. The van der Waals surface area contributed by atoms with Gasteiger partial charge in [-0.2, -0.15) is 0 Å². The number of hydrogen-bond donors (Lipinski definition) is 3. The fourth-order valence-electron chi connectivity index (χ4n) is 5.50. The monoisotopic (exact) mass is 675 g/mol. The van der Waals surface area contributed by atoms with Crippen LogP contribution < -0.4 is 5.32 Å². The van der Waals surface area contributed by atoms with Crippen LogP contribution in [0.4, 0.5) is 0 Å². The molecule has 0 unspecified atom stereocenters. The first-order valence-corrected chi connectivity index (χ1v) is 17.8. The number of carbonyl (C=O) groups excluding carboxylic acids is 1. The smallest absolute Gasteiger partial charge is 0.303 e. The van der Waals surface area contributed by atoms with E-state index in [-0.39, 0.29) is 31.1 Å². The zero-order valence-corrected chi connectivity index (χ0v) is 28.1. The number of ether oxygens (including phenoxy) is 2. The van der Waals surface area contributed by atoms with Crippen molar-refractivity contribution in [3.63, 3.8) is 0 Å². The molecule has 0 bridgehead atoms. The summed E-state index contributed by atoms with van der Waals surface area (Å²) in [6.07, 6.45) is 3.56. The summed E-state index contributed by atoms with van der Waals surface area (Å²) in [5.41, 5.74) is 5.92. The zero-order chi connectivity index (χ0) is 33.0. The van der Waals surface area contributed by atoms with E-state index >= 15 is 0 Å². The van der Waals surface area contributed by atoms with Crippen molar-refractivity contribution in [2.45, 2.75) is 87.9 Å². The number of hydrogen-bond acceptors (Lipinski definition) is 9. The summed E-state index contributed by atoms with van der Waals surface area (Å²) < 4.78 is 13.9. The van der Waals surface area contributed by atoms with Gasteiger partial charge in [-0.3, -0.25) is 9.59 Å². The van der Waals surface area contributed by atoms with Gasteiger partial charge in [0.15, 0.2) is 10.6 Å². The van der Waals surface area contributed by atoms with Gasteiger partial charge < -0.3 is 25.0 Å². The number of benzene rings is 3.